The van der Waals surface area contributed by atoms with Gasteiger partial charge in [-0.05, 0) is 49.8 Å². The third-order valence-corrected chi connectivity index (χ3v) is 4.92. The van der Waals surface area contributed by atoms with Crippen molar-refractivity contribution >= 4 is 26.7 Å². The van der Waals surface area contributed by atoms with Crippen LogP contribution in [-0.4, -0.2) is 17.6 Å². The summed E-state index contributed by atoms with van der Waals surface area (Å²) < 4.78 is 6.73. The highest BCUT2D eigenvalue weighted by atomic mass is 32.1. The Bertz CT molecular complexity index is 606. The fourth-order valence-corrected chi connectivity index (χ4v) is 3.93. The second-order valence-electron chi connectivity index (χ2n) is 6.33. The number of fused-ring (bicyclic) bond motifs is 1. The minimum absolute atomic E-state index is 0.469. The lowest BCUT2D eigenvalue weighted by Crippen LogP contribution is -2.17. The van der Waals surface area contributed by atoms with Gasteiger partial charge in [0.25, 0.3) is 0 Å². The molecule has 1 aliphatic rings. The quantitative estimate of drug-likeness (QED) is 0.887. The van der Waals surface area contributed by atoms with Crippen LogP contribution in [0.25, 0.3) is 10.2 Å². The Balaban J connectivity index is 1.76. The smallest absolute Gasteiger partial charge is 0.184 e. The van der Waals surface area contributed by atoms with Crippen LogP contribution >= 0.6 is 11.3 Å². The molecule has 2 aromatic rings. The van der Waals surface area contributed by atoms with Crippen molar-refractivity contribution in [3.8, 4) is 5.75 Å². The summed E-state index contributed by atoms with van der Waals surface area (Å²) in [6.07, 6.45) is 3.77. The summed E-state index contributed by atoms with van der Waals surface area (Å²) in [7, 11) is 0. The molecule has 0 bridgehead atoms. The van der Waals surface area contributed by atoms with Crippen LogP contribution in [0.4, 0.5) is 5.13 Å². The molecule has 0 aliphatic heterocycles. The number of hydrogen-bond donors (Lipinski definition) is 1. The lowest BCUT2D eigenvalue weighted by molar-refractivity contribution is 0.341. The number of anilines is 1. The molecule has 1 unspecified atom stereocenters. The first-order valence-electron chi connectivity index (χ1n) is 7.36. The van der Waals surface area contributed by atoms with Gasteiger partial charge in [-0.2, -0.15) is 0 Å². The van der Waals surface area contributed by atoms with Gasteiger partial charge in [0.2, 0.25) is 0 Å². The standard InChI is InChI=1S/C16H22N2OS/c1-4-19-12-5-6-13-14(9-12)20-15(18-13)17-11-7-8-16(2,3)10-11/h5-6,9,11H,4,7-8,10H2,1-3H3,(H,17,18). The average molecular weight is 290 g/mol. The Morgan fingerprint density at radius 2 is 2.30 bits per heavy atom. The minimum atomic E-state index is 0.469. The van der Waals surface area contributed by atoms with E-state index >= 15 is 0 Å². The van der Waals surface area contributed by atoms with Crippen molar-refractivity contribution in [1.82, 2.24) is 4.98 Å². The van der Waals surface area contributed by atoms with Crippen LogP contribution in [-0.2, 0) is 0 Å². The highest BCUT2D eigenvalue weighted by Crippen LogP contribution is 2.39. The second kappa shape index (κ2) is 5.24. The molecule has 1 fully saturated rings. The molecule has 1 atom stereocenters. The van der Waals surface area contributed by atoms with Crippen molar-refractivity contribution < 1.29 is 4.74 Å². The van der Waals surface area contributed by atoms with E-state index in [-0.39, 0.29) is 0 Å². The Morgan fingerprint density at radius 3 is 3.00 bits per heavy atom. The van der Waals surface area contributed by atoms with Crippen LogP contribution in [0.2, 0.25) is 0 Å². The van der Waals surface area contributed by atoms with Gasteiger partial charge in [0.05, 0.1) is 16.8 Å². The number of benzene rings is 1. The van der Waals surface area contributed by atoms with Crippen molar-refractivity contribution in [2.75, 3.05) is 11.9 Å². The number of thiazole rings is 1. The molecule has 1 aliphatic carbocycles. The number of nitrogens with one attached hydrogen (secondary N) is 1. The van der Waals surface area contributed by atoms with E-state index in [0.717, 1.165) is 16.4 Å². The molecule has 1 N–H and O–H groups in total. The molecule has 0 amide bonds. The summed E-state index contributed by atoms with van der Waals surface area (Å²) in [4.78, 5) is 4.68. The molecule has 3 rings (SSSR count). The lowest BCUT2D eigenvalue weighted by atomic mass is 9.92. The highest BCUT2D eigenvalue weighted by molar-refractivity contribution is 7.22. The number of hydrogen-bond acceptors (Lipinski definition) is 4. The number of ether oxygens (including phenoxy) is 1. The molecule has 3 nitrogen and oxygen atoms in total. The van der Waals surface area contributed by atoms with Gasteiger partial charge in [0.15, 0.2) is 5.13 Å². The topological polar surface area (TPSA) is 34.1 Å². The summed E-state index contributed by atoms with van der Waals surface area (Å²) >= 11 is 1.72. The molecule has 0 spiro atoms. The van der Waals surface area contributed by atoms with Crippen LogP contribution in [0.1, 0.15) is 40.0 Å². The van der Waals surface area contributed by atoms with Gasteiger partial charge < -0.3 is 10.1 Å². The maximum atomic E-state index is 5.54. The zero-order chi connectivity index (χ0) is 14.2. The zero-order valence-electron chi connectivity index (χ0n) is 12.4. The Kier molecular flexibility index (Phi) is 3.59. The Morgan fingerprint density at radius 1 is 1.45 bits per heavy atom. The fourth-order valence-electron chi connectivity index (χ4n) is 2.96. The van der Waals surface area contributed by atoms with Crippen molar-refractivity contribution in [2.45, 2.75) is 46.1 Å². The molecule has 1 aromatic carbocycles. The number of rotatable bonds is 4. The predicted molar refractivity (Wildman–Crippen MR) is 85.8 cm³/mol. The van der Waals surface area contributed by atoms with E-state index in [2.05, 4.69) is 30.2 Å². The molecule has 0 saturated heterocycles. The first-order valence-corrected chi connectivity index (χ1v) is 8.17. The zero-order valence-corrected chi connectivity index (χ0v) is 13.2. The number of nitrogens with zero attached hydrogens (tertiary/aromatic N) is 1. The molecular weight excluding hydrogens is 268 g/mol. The van der Waals surface area contributed by atoms with Gasteiger partial charge in [0, 0.05) is 6.04 Å². The lowest BCUT2D eigenvalue weighted by Gasteiger charge is -2.17. The van der Waals surface area contributed by atoms with Crippen LogP contribution in [0.15, 0.2) is 18.2 Å². The van der Waals surface area contributed by atoms with Crippen molar-refractivity contribution in [2.24, 2.45) is 5.41 Å². The fraction of sp³-hybridized carbons (Fsp3) is 0.562. The predicted octanol–water partition coefficient (Wildman–Crippen LogP) is 4.69. The minimum Gasteiger partial charge on any atom is -0.494 e. The van der Waals surface area contributed by atoms with E-state index in [1.807, 2.05) is 19.1 Å². The average Bonchev–Trinajstić information content (AvgIpc) is 2.92. The summed E-state index contributed by atoms with van der Waals surface area (Å²) in [6.45, 7) is 7.40. The van der Waals surface area contributed by atoms with E-state index in [1.54, 1.807) is 11.3 Å². The summed E-state index contributed by atoms with van der Waals surface area (Å²) in [6, 6.07) is 6.69. The SMILES string of the molecule is CCOc1ccc2nc(NC3CCC(C)(C)C3)sc2c1. The summed E-state index contributed by atoms with van der Waals surface area (Å²) in [5, 5.41) is 4.64. The van der Waals surface area contributed by atoms with Gasteiger partial charge in [-0.1, -0.05) is 25.2 Å². The third kappa shape index (κ3) is 2.90. The second-order valence-corrected chi connectivity index (χ2v) is 7.36. The van der Waals surface area contributed by atoms with Gasteiger partial charge in [-0.15, -0.1) is 0 Å². The molecule has 1 aromatic heterocycles. The molecular formula is C16H22N2OS. The first-order chi connectivity index (χ1) is 9.55. The van der Waals surface area contributed by atoms with E-state index in [0.29, 0.717) is 18.1 Å². The van der Waals surface area contributed by atoms with E-state index < -0.39 is 0 Å². The molecule has 1 heterocycles. The normalized spacial score (nSPS) is 21.2. The van der Waals surface area contributed by atoms with Gasteiger partial charge in [-0.25, -0.2) is 4.98 Å². The van der Waals surface area contributed by atoms with Gasteiger partial charge >= 0.3 is 0 Å². The largest absolute Gasteiger partial charge is 0.494 e. The van der Waals surface area contributed by atoms with Gasteiger partial charge in [-0.3, -0.25) is 0 Å². The monoisotopic (exact) mass is 290 g/mol. The summed E-state index contributed by atoms with van der Waals surface area (Å²) in [5.41, 5.74) is 1.52. The van der Waals surface area contributed by atoms with Crippen LogP contribution in [0.3, 0.4) is 0 Å². The Hall–Kier alpha value is -1.29. The van der Waals surface area contributed by atoms with Crippen molar-refractivity contribution in [3.05, 3.63) is 18.2 Å². The first kappa shape index (κ1) is 13.7. The van der Waals surface area contributed by atoms with Crippen molar-refractivity contribution in [1.29, 1.82) is 0 Å². The van der Waals surface area contributed by atoms with E-state index in [4.69, 9.17) is 4.74 Å². The summed E-state index contributed by atoms with van der Waals surface area (Å²) in [5.74, 6) is 0.928. The molecule has 20 heavy (non-hydrogen) atoms. The van der Waals surface area contributed by atoms with Crippen LogP contribution in [0.5, 0.6) is 5.75 Å². The van der Waals surface area contributed by atoms with Crippen LogP contribution in [0, 0.1) is 5.41 Å². The van der Waals surface area contributed by atoms with E-state index in [9.17, 15) is 0 Å². The maximum absolute atomic E-state index is 5.54. The van der Waals surface area contributed by atoms with Crippen LogP contribution < -0.4 is 10.1 Å². The molecule has 1 saturated carbocycles. The highest BCUT2D eigenvalue weighted by Gasteiger charge is 2.31. The maximum Gasteiger partial charge on any atom is 0.184 e. The van der Waals surface area contributed by atoms with E-state index in [1.165, 1.54) is 24.0 Å². The van der Waals surface area contributed by atoms with Gasteiger partial charge in [0.1, 0.15) is 5.75 Å². The molecule has 108 valence electrons. The molecule has 0 radical (unpaired) electrons. The van der Waals surface area contributed by atoms with Crippen molar-refractivity contribution in [3.63, 3.8) is 0 Å². The molecule has 4 heteroatoms. The third-order valence-electron chi connectivity index (χ3n) is 3.97. The number of aromatic nitrogens is 1. The Labute approximate surface area is 124 Å².